The standard InChI is InChI=1S/C16H30O.C11H20O/c1-15-12-10-8-6-4-2-3-5-7-9-11-13-16(17)14-15;1-4-11(2,3)9-5-7-10(12)8-6-9/h15H,2-14H2,1H3;9H,4-8H2,1-3H3. The molecule has 0 aromatic heterocycles. The van der Waals surface area contributed by atoms with Crippen LogP contribution in [-0.4, -0.2) is 11.6 Å². The highest BCUT2D eigenvalue weighted by Gasteiger charge is 2.30. The molecular formula is C27H50O2. The van der Waals surface area contributed by atoms with Crippen molar-refractivity contribution in [1.82, 2.24) is 0 Å². The molecule has 29 heavy (non-hydrogen) atoms. The zero-order valence-electron chi connectivity index (χ0n) is 20.2. The SMILES string of the molecule is CC1CCCCCCCCCCCCC(=O)C1.CCC(C)(C)C1CCC(=O)CC1. The van der Waals surface area contributed by atoms with Crippen molar-refractivity contribution in [2.24, 2.45) is 17.3 Å². The third-order valence-electron chi connectivity index (χ3n) is 7.54. The van der Waals surface area contributed by atoms with Gasteiger partial charge >= 0.3 is 0 Å². The van der Waals surface area contributed by atoms with Crippen molar-refractivity contribution >= 4 is 11.6 Å². The van der Waals surface area contributed by atoms with Gasteiger partial charge in [-0.1, -0.05) is 98.3 Å². The van der Waals surface area contributed by atoms with Crippen LogP contribution in [0.2, 0.25) is 0 Å². The first-order chi connectivity index (χ1) is 13.8. The summed E-state index contributed by atoms with van der Waals surface area (Å²) in [7, 11) is 0. The van der Waals surface area contributed by atoms with E-state index < -0.39 is 0 Å². The molecule has 0 aromatic carbocycles. The number of hydrogen-bond acceptors (Lipinski definition) is 2. The molecular weight excluding hydrogens is 356 g/mol. The third-order valence-corrected chi connectivity index (χ3v) is 7.54. The molecule has 2 aliphatic rings. The maximum absolute atomic E-state index is 11.7. The van der Waals surface area contributed by atoms with Crippen LogP contribution in [0.1, 0.15) is 143 Å². The summed E-state index contributed by atoms with van der Waals surface area (Å²) >= 11 is 0. The van der Waals surface area contributed by atoms with Crippen molar-refractivity contribution in [3.8, 4) is 0 Å². The summed E-state index contributed by atoms with van der Waals surface area (Å²) in [5, 5.41) is 0. The molecule has 2 rings (SSSR count). The van der Waals surface area contributed by atoms with Gasteiger partial charge in [-0.05, 0) is 36.5 Å². The van der Waals surface area contributed by atoms with Crippen LogP contribution in [0.15, 0.2) is 0 Å². The van der Waals surface area contributed by atoms with Crippen molar-refractivity contribution in [3.05, 3.63) is 0 Å². The normalized spacial score (nSPS) is 24.8. The molecule has 0 N–H and O–H groups in total. The smallest absolute Gasteiger partial charge is 0.133 e. The molecule has 170 valence electrons. The summed E-state index contributed by atoms with van der Waals surface area (Å²) in [6, 6.07) is 0. The maximum atomic E-state index is 11.7. The second kappa shape index (κ2) is 15.2. The van der Waals surface area contributed by atoms with E-state index in [-0.39, 0.29) is 0 Å². The van der Waals surface area contributed by atoms with Gasteiger partial charge < -0.3 is 0 Å². The summed E-state index contributed by atoms with van der Waals surface area (Å²) in [6.07, 6.45) is 21.5. The highest BCUT2D eigenvalue weighted by molar-refractivity contribution is 5.79. The molecule has 2 aliphatic carbocycles. The largest absolute Gasteiger partial charge is 0.300 e. The second-order valence-corrected chi connectivity index (χ2v) is 10.6. The topological polar surface area (TPSA) is 34.1 Å². The summed E-state index contributed by atoms with van der Waals surface area (Å²) in [5.41, 5.74) is 0.445. The molecule has 2 fully saturated rings. The lowest BCUT2D eigenvalue weighted by molar-refractivity contribution is -0.122. The molecule has 0 aromatic rings. The Balaban J connectivity index is 0.000000308. The Hall–Kier alpha value is -0.660. The molecule has 0 spiro atoms. The predicted octanol–water partition coefficient (Wildman–Crippen LogP) is 8.46. The van der Waals surface area contributed by atoms with E-state index in [0.29, 0.717) is 22.9 Å². The Morgan fingerprint density at radius 1 is 0.690 bits per heavy atom. The number of ketones is 2. The van der Waals surface area contributed by atoms with Crippen LogP contribution in [0.4, 0.5) is 0 Å². The number of Topliss-reactive ketones (excluding diaryl/α,β-unsaturated/α-hetero) is 2. The quantitative estimate of drug-likeness (QED) is 0.461. The van der Waals surface area contributed by atoms with Crippen LogP contribution in [0.5, 0.6) is 0 Å². The minimum absolute atomic E-state index is 0.445. The lowest BCUT2D eigenvalue weighted by Gasteiger charge is -2.35. The molecule has 0 amide bonds. The third kappa shape index (κ3) is 12.6. The number of carbonyl (C=O) groups is 2. The summed E-state index contributed by atoms with van der Waals surface area (Å²) in [5.74, 6) is 2.37. The fourth-order valence-corrected chi connectivity index (χ4v) is 4.83. The van der Waals surface area contributed by atoms with Gasteiger partial charge in [-0.2, -0.15) is 0 Å². The molecule has 0 radical (unpaired) electrons. The number of rotatable bonds is 2. The Labute approximate surface area is 182 Å². The van der Waals surface area contributed by atoms with Gasteiger partial charge in [0.25, 0.3) is 0 Å². The van der Waals surface area contributed by atoms with Crippen LogP contribution in [0.3, 0.4) is 0 Å². The van der Waals surface area contributed by atoms with Crippen LogP contribution in [-0.2, 0) is 9.59 Å². The van der Waals surface area contributed by atoms with Crippen molar-refractivity contribution in [3.63, 3.8) is 0 Å². The summed E-state index contributed by atoms with van der Waals surface area (Å²) in [6.45, 7) is 9.15. The average molecular weight is 407 g/mol. The van der Waals surface area contributed by atoms with Crippen LogP contribution in [0, 0.1) is 17.3 Å². The molecule has 0 aliphatic heterocycles. The van der Waals surface area contributed by atoms with Crippen molar-refractivity contribution < 1.29 is 9.59 Å². The second-order valence-electron chi connectivity index (χ2n) is 10.6. The Kier molecular flexibility index (Phi) is 13.8. The monoisotopic (exact) mass is 406 g/mol. The van der Waals surface area contributed by atoms with Crippen LogP contribution >= 0.6 is 0 Å². The molecule has 0 bridgehead atoms. The van der Waals surface area contributed by atoms with Crippen molar-refractivity contribution in [2.75, 3.05) is 0 Å². The van der Waals surface area contributed by atoms with Crippen LogP contribution < -0.4 is 0 Å². The Morgan fingerprint density at radius 3 is 1.69 bits per heavy atom. The maximum Gasteiger partial charge on any atom is 0.133 e. The van der Waals surface area contributed by atoms with Gasteiger partial charge in [0.15, 0.2) is 0 Å². The van der Waals surface area contributed by atoms with E-state index in [4.69, 9.17) is 0 Å². The zero-order valence-corrected chi connectivity index (χ0v) is 20.2. The van der Waals surface area contributed by atoms with E-state index >= 15 is 0 Å². The molecule has 1 atom stereocenters. The first-order valence-corrected chi connectivity index (χ1v) is 12.9. The van der Waals surface area contributed by atoms with Gasteiger partial charge in [-0.25, -0.2) is 0 Å². The molecule has 2 saturated carbocycles. The van der Waals surface area contributed by atoms with Gasteiger partial charge in [-0.15, -0.1) is 0 Å². The number of carbonyl (C=O) groups excluding carboxylic acids is 2. The lowest BCUT2D eigenvalue weighted by Crippen LogP contribution is -2.27. The minimum atomic E-state index is 0.445. The summed E-state index contributed by atoms with van der Waals surface area (Å²) < 4.78 is 0. The lowest BCUT2D eigenvalue weighted by atomic mass is 9.69. The average Bonchev–Trinajstić information content (AvgIpc) is 2.69. The van der Waals surface area contributed by atoms with E-state index in [1.54, 1.807) is 0 Å². The molecule has 0 saturated heterocycles. The van der Waals surface area contributed by atoms with Gasteiger partial charge in [0, 0.05) is 25.7 Å². The molecule has 2 nitrogen and oxygen atoms in total. The Morgan fingerprint density at radius 2 is 1.17 bits per heavy atom. The van der Waals surface area contributed by atoms with E-state index in [9.17, 15) is 9.59 Å². The highest BCUT2D eigenvalue weighted by atomic mass is 16.1. The van der Waals surface area contributed by atoms with E-state index in [2.05, 4.69) is 27.7 Å². The van der Waals surface area contributed by atoms with E-state index in [1.807, 2.05) is 0 Å². The fraction of sp³-hybridized carbons (Fsp3) is 0.926. The summed E-state index contributed by atoms with van der Waals surface area (Å²) in [4.78, 5) is 22.8. The van der Waals surface area contributed by atoms with Gasteiger partial charge in [0.05, 0.1) is 0 Å². The van der Waals surface area contributed by atoms with Crippen molar-refractivity contribution in [2.45, 2.75) is 143 Å². The molecule has 2 heteroatoms. The first-order valence-electron chi connectivity index (χ1n) is 12.9. The van der Waals surface area contributed by atoms with E-state index in [1.165, 1.54) is 70.6 Å². The highest BCUT2D eigenvalue weighted by Crippen LogP contribution is 2.39. The fourth-order valence-electron chi connectivity index (χ4n) is 4.83. The van der Waals surface area contributed by atoms with Crippen LogP contribution in [0.25, 0.3) is 0 Å². The Bertz CT molecular complexity index is 441. The minimum Gasteiger partial charge on any atom is -0.300 e. The van der Waals surface area contributed by atoms with Gasteiger partial charge in [0.1, 0.15) is 11.6 Å². The zero-order chi connectivity index (χ0) is 21.5. The number of hydrogen-bond donors (Lipinski definition) is 0. The van der Waals surface area contributed by atoms with Crippen molar-refractivity contribution in [1.29, 1.82) is 0 Å². The molecule has 1 unspecified atom stereocenters. The first kappa shape index (κ1) is 26.4. The molecule has 0 heterocycles. The van der Waals surface area contributed by atoms with Gasteiger partial charge in [-0.3, -0.25) is 9.59 Å². The van der Waals surface area contributed by atoms with Gasteiger partial charge in [0.2, 0.25) is 0 Å². The predicted molar refractivity (Wildman–Crippen MR) is 125 cm³/mol. The van der Waals surface area contributed by atoms with E-state index in [0.717, 1.165) is 50.9 Å².